The van der Waals surface area contributed by atoms with Gasteiger partial charge in [-0.25, -0.2) is 0 Å². The summed E-state index contributed by atoms with van der Waals surface area (Å²) in [4.78, 5) is 12.0. The van der Waals surface area contributed by atoms with Gasteiger partial charge in [0.25, 0.3) is 0 Å². The van der Waals surface area contributed by atoms with Crippen molar-refractivity contribution in [2.45, 2.75) is 77.6 Å². The summed E-state index contributed by atoms with van der Waals surface area (Å²) in [6, 6.07) is 13.8. The largest absolute Gasteiger partial charge is 0.497 e. The molecule has 0 atom stereocenters. The molecule has 0 unspecified atom stereocenters. The van der Waals surface area contributed by atoms with Gasteiger partial charge in [0, 0.05) is 12.0 Å². The van der Waals surface area contributed by atoms with Crippen LogP contribution < -0.4 is 10.1 Å². The highest BCUT2D eigenvalue weighted by Crippen LogP contribution is 2.21. The van der Waals surface area contributed by atoms with Crippen molar-refractivity contribution in [3.05, 3.63) is 47.7 Å². The number of carbonyl (C=O) groups is 1. The molecule has 4 nitrogen and oxygen atoms in total. The molecular weight excluding hydrogens is 380 g/mol. The molecule has 29 heavy (non-hydrogen) atoms. The van der Waals surface area contributed by atoms with Crippen LogP contribution >= 0.6 is 0 Å². The molecule has 0 aliphatic heterocycles. The van der Waals surface area contributed by atoms with E-state index in [1.165, 1.54) is 23.7 Å². The van der Waals surface area contributed by atoms with Gasteiger partial charge < -0.3 is 13.9 Å². The number of hydrogen-bond acceptors (Lipinski definition) is 4. The van der Waals surface area contributed by atoms with Crippen LogP contribution in [0.2, 0.25) is 18.1 Å². The first-order valence-electron chi connectivity index (χ1n) is 10.9. The van der Waals surface area contributed by atoms with Crippen LogP contribution in [0.15, 0.2) is 41.0 Å². The van der Waals surface area contributed by atoms with Crippen molar-refractivity contribution >= 4 is 19.4 Å². The monoisotopic (exact) mass is 416 g/mol. The zero-order valence-corrected chi connectivity index (χ0v) is 19.5. The van der Waals surface area contributed by atoms with E-state index in [4.69, 9.17) is 13.9 Å². The summed E-state index contributed by atoms with van der Waals surface area (Å²) in [5.74, 6) is 0.760. The van der Waals surface area contributed by atoms with Crippen molar-refractivity contribution in [1.82, 2.24) is 0 Å². The maximum Gasteiger partial charge on any atom is 0.306 e. The SMILES string of the molecule is CC[Si](CC)(CC)c1cc(COC(=O)CCCCCc2ccc(OC)cc2)co1. The zero-order valence-electron chi connectivity index (χ0n) is 18.5. The molecule has 0 aliphatic rings. The second-order valence-corrected chi connectivity index (χ2v) is 12.9. The van der Waals surface area contributed by atoms with E-state index in [0.29, 0.717) is 13.0 Å². The Bertz CT molecular complexity index is 723. The quantitative estimate of drug-likeness (QED) is 0.233. The number of esters is 1. The predicted octanol–water partition coefficient (Wildman–Crippen LogP) is 5.85. The lowest BCUT2D eigenvalue weighted by Gasteiger charge is -2.24. The molecule has 2 rings (SSSR count). The summed E-state index contributed by atoms with van der Waals surface area (Å²) < 4.78 is 16.5. The molecule has 5 heteroatoms. The summed E-state index contributed by atoms with van der Waals surface area (Å²) >= 11 is 0. The summed E-state index contributed by atoms with van der Waals surface area (Å²) in [6.45, 7) is 7.10. The molecule has 1 aromatic heterocycles. The number of benzene rings is 1. The van der Waals surface area contributed by atoms with Crippen molar-refractivity contribution < 1.29 is 18.7 Å². The molecule has 160 valence electrons. The first-order valence-corrected chi connectivity index (χ1v) is 13.6. The predicted molar refractivity (Wildman–Crippen MR) is 121 cm³/mol. The molecule has 0 saturated carbocycles. The second kappa shape index (κ2) is 11.9. The van der Waals surface area contributed by atoms with Crippen LogP contribution in [0, 0.1) is 0 Å². The fourth-order valence-corrected chi connectivity index (χ4v) is 7.15. The van der Waals surface area contributed by atoms with Crippen LogP contribution in [0.3, 0.4) is 0 Å². The fourth-order valence-electron chi connectivity index (χ4n) is 3.81. The molecule has 2 aromatic rings. The summed E-state index contributed by atoms with van der Waals surface area (Å²) in [5, 5.41) is 1.15. The smallest absolute Gasteiger partial charge is 0.306 e. The normalized spacial score (nSPS) is 11.4. The Hall–Kier alpha value is -2.01. The van der Waals surface area contributed by atoms with Crippen molar-refractivity contribution in [1.29, 1.82) is 0 Å². The average molecular weight is 417 g/mol. The van der Waals surface area contributed by atoms with Gasteiger partial charge in [-0.15, -0.1) is 0 Å². The molecule has 1 aromatic carbocycles. The van der Waals surface area contributed by atoms with E-state index in [1.807, 2.05) is 12.1 Å². The standard InChI is InChI=1S/C24H36O4Si/c1-5-29(6-2,7-3)24-17-21(19-28-24)18-27-23(25)12-10-8-9-11-20-13-15-22(26-4)16-14-20/h13-17,19H,5-12,18H2,1-4H3. The third-order valence-corrected chi connectivity index (χ3v) is 11.5. The van der Waals surface area contributed by atoms with Crippen LogP contribution in [0.1, 0.15) is 57.6 Å². The van der Waals surface area contributed by atoms with Crippen molar-refractivity contribution in [2.75, 3.05) is 7.11 Å². The Morgan fingerprint density at radius 3 is 2.28 bits per heavy atom. The van der Waals surface area contributed by atoms with E-state index in [0.717, 1.165) is 42.4 Å². The van der Waals surface area contributed by atoms with Gasteiger partial charge in [0.05, 0.1) is 18.8 Å². The number of aryl methyl sites for hydroxylation is 1. The lowest BCUT2D eigenvalue weighted by atomic mass is 10.1. The fraction of sp³-hybridized carbons (Fsp3) is 0.542. The topological polar surface area (TPSA) is 48.7 Å². The molecule has 0 amide bonds. The van der Waals surface area contributed by atoms with Crippen LogP contribution in [-0.4, -0.2) is 21.2 Å². The highest BCUT2D eigenvalue weighted by atomic mass is 28.3. The third kappa shape index (κ3) is 6.77. The van der Waals surface area contributed by atoms with Gasteiger partial charge in [0.1, 0.15) is 20.4 Å². The minimum absolute atomic E-state index is 0.123. The zero-order chi connectivity index (χ0) is 21.1. The molecule has 0 N–H and O–H groups in total. The van der Waals surface area contributed by atoms with Crippen LogP contribution in [0.25, 0.3) is 0 Å². The van der Waals surface area contributed by atoms with E-state index in [-0.39, 0.29) is 5.97 Å². The Morgan fingerprint density at radius 1 is 0.966 bits per heavy atom. The first kappa shape index (κ1) is 23.3. The highest BCUT2D eigenvalue weighted by Gasteiger charge is 2.32. The van der Waals surface area contributed by atoms with Gasteiger partial charge in [-0.05, 0) is 43.0 Å². The number of methoxy groups -OCH3 is 1. The van der Waals surface area contributed by atoms with Gasteiger partial charge >= 0.3 is 5.97 Å². The highest BCUT2D eigenvalue weighted by molar-refractivity contribution is 6.90. The number of ether oxygens (including phenoxy) is 2. The molecule has 1 heterocycles. The Morgan fingerprint density at radius 2 is 1.66 bits per heavy atom. The summed E-state index contributed by atoms with van der Waals surface area (Å²) in [5.41, 5.74) is 2.27. The van der Waals surface area contributed by atoms with Crippen molar-refractivity contribution in [3.63, 3.8) is 0 Å². The molecule has 0 aliphatic carbocycles. The van der Waals surface area contributed by atoms with Gasteiger partial charge in [-0.1, -0.05) is 57.5 Å². The van der Waals surface area contributed by atoms with Gasteiger partial charge in [0.2, 0.25) is 0 Å². The molecule has 0 radical (unpaired) electrons. The number of hydrogen-bond donors (Lipinski definition) is 0. The van der Waals surface area contributed by atoms with Crippen LogP contribution in [0.5, 0.6) is 5.75 Å². The maximum absolute atomic E-state index is 12.0. The first-order chi connectivity index (χ1) is 14.1. The molecule has 0 fully saturated rings. The lowest BCUT2D eigenvalue weighted by molar-refractivity contribution is -0.145. The Kier molecular flexibility index (Phi) is 9.52. The molecule has 0 spiro atoms. The van der Waals surface area contributed by atoms with Crippen molar-refractivity contribution in [2.24, 2.45) is 0 Å². The Labute approximate surface area is 176 Å². The molecular formula is C24H36O4Si. The number of unbranched alkanes of at least 4 members (excludes halogenated alkanes) is 2. The summed E-state index contributed by atoms with van der Waals surface area (Å²) in [7, 11) is 0.170. The van der Waals surface area contributed by atoms with Gasteiger partial charge in [-0.2, -0.15) is 0 Å². The number of furan rings is 1. The number of rotatable bonds is 13. The van der Waals surface area contributed by atoms with E-state index in [2.05, 4.69) is 39.0 Å². The molecule has 0 bridgehead atoms. The Balaban J connectivity index is 1.66. The maximum atomic E-state index is 12.0. The minimum atomic E-state index is -1.51. The van der Waals surface area contributed by atoms with E-state index >= 15 is 0 Å². The van der Waals surface area contributed by atoms with E-state index < -0.39 is 8.07 Å². The average Bonchev–Trinajstić information content (AvgIpc) is 3.24. The lowest BCUT2D eigenvalue weighted by Crippen LogP contribution is -2.44. The second-order valence-electron chi connectivity index (χ2n) is 7.73. The van der Waals surface area contributed by atoms with Gasteiger partial charge in [-0.3, -0.25) is 4.79 Å². The number of carbonyl (C=O) groups excluding carboxylic acids is 1. The third-order valence-electron chi connectivity index (χ3n) is 6.11. The van der Waals surface area contributed by atoms with Gasteiger partial charge in [0.15, 0.2) is 0 Å². The van der Waals surface area contributed by atoms with Crippen molar-refractivity contribution in [3.8, 4) is 5.75 Å². The molecule has 0 saturated heterocycles. The van der Waals surface area contributed by atoms with E-state index in [1.54, 1.807) is 13.4 Å². The minimum Gasteiger partial charge on any atom is -0.497 e. The summed E-state index contributed by atoms with van der Waals surface area (Å²) in [6.07, 6.45) is 6.22. The van der Waals surface area contributed by atoms with E-state index in [9.17, 15) is 4.79 Å². The van der Waals surface area contributed by atoms with Crippen LogP contribution in [0.4, 0.5) is 0 Å². The van der Waals surface area contributed by atoms with Crippen LogP contribution in [-0.2, 0) is 22.6 Å².